The molecule has 3 aliphatic heterocycles. The molecule has 0 saturated carbocycles. The fourth-order valence-electron chi connectivity index (χ4n) is 5.30. The van der Waals surface area contributed by atoms with Crippen molar-refractivity contribution in [1.82, 2.24) is 19.8 Å². The van der Waals surface area contributed by atoms with Gasteiger partial charge >= 0.3 is 6.09 Å². The van der Waals surface area contributed by atoms with Crippen molar-refractivity contribution in [2.24, 2.45) is 5.92 Å². The highest BCUT2D eigenvalue weighted by Crippen LogP contribution is 2.37. The van der Waals surface area contributed by atoms with E-state index in [0.29, 0.717) is 44.9 Å². The Labute approximate surface area is 233 Å². The zero-order valence-corrected chi connectivity index (χ0v) is 24.6. The molecule has 1 aromatic carbocycles. The fourth-order valence-corrected chi connectivity index (χ4v) is 5.75. The average molecular weight is 557 g/mol. The number of amides is 1. The molecule has 0 radical (unpaired) electrons. The topological polar surface area (TPSA) is 92.3 Å². The highest BCUT2D eigenvalue weighted by molar-refractivity contribution is 7.16. The minimum absolute atomic E-state index is 0.223. The summed E-state index contributed by atoms with van der Waals surface area (Å²) in [7, 11) is 2.84. The molecule has 2 unspecified atom stereocenters. The van der Waals surface area contributed by atoms with Gasteiger partial charge in [-0.25, -0.2) is 14.8 Å². The molecular weight excluding hydrogens is 515 g/mol. The summed E-state index contributed by atoms with van der Waals surface area (Å²) in [4.78, 5) is 27.9. The molecule has 2 fully saturated rings. The third-order valence-corrected chi connectivity index (χ3v) is 7.77. The zero-order chi connectivity index (χ0) is 27.6. The normalized spacial score (nSPS) is 18.3. The Hall–Kier alpha value is -2.68. The molecule has 2 atom stereocenters. The molecular formula is C28H41N6O4P. The van der Waals surface area contributed by atoms with Crippen molar-refractivity contribution in [3.05, 3.63) is 35.7 Å². The van der Waals surface area contributed by atoms with Gasteiger partial charge in [0.15, 0.2) is 0 Å². The SMILES string of the molecule is CC(Cc1ccc2c(c1)Nc1ncnc(N3CCOCC3)c1CO2)CN(CP)C1CN(C(=O)OC(C)(C)C)C1. The molecule has 4 heterocycles. The van der Waals surface area contributed by atoms with Gasteiger partial charge in [0.2, 0.25) is 0 Å². The van der Waals surface area contributed by atoms with Crippen molar-refractivity contribution in [3.63, 3.8) is 0 Å². The van der Waals surface area contributed by atoms with Gasteiger partial charge in [0.1, 0.15) is 35.9 Å². The van der Waals surface area contributed by atoms with Crippen LogP contribution in [0.3, 0.4) is 0 Å². The monoisotopic (exact) mass is 556 g/mol. The summed E-state index contributed by atoms with van der Waals surface area (Å²) >= 11 is 0. The molecule has 1 N–H and O–H groups in total. The Morgan fingerprint density at radius 2 is 2.03 bits per heavy atom. The number of fused-ring (bicyclic) bond motifs is 2. The van der Waals surface area contributed by atoms with Crippen LogP contribution in [0.15, 0.2) is 24.5 Å². The third-order valence-electron chi connectivity index (χ3n) is 7.30. The minimum atomic E-state index is -0.467. The van der Waals surface area contributed by atoms with E-state index in [1.807, 2.05) is 20.8 Å². The molecule has 11 heteroatoms. The summed E-state index contributed by atoms with van der Waals surface area (Å²) in [5, 5.41) is 3.52. The number of carbonyl (C=O) groups excluding carboxylic acids is 1. The maximum absolute atomic E-state index is 12.3. The van der Waals surface area contributed by atoms with Crippen LogP contribution in [0.1, 0.15) is 38.8 Å². The molecule has 39 heavy (non-hydrogen) atoms. The Bertz CT molecular complexity index is 1160. The van der Waals surface area contributed by atoms with E-state index in [0.717, 1.165) is 61.0 Å². The van der Waals surface area contributed by atoms with Gasteiger partial charge in [-0.15, -0.1) is 9.24 Å². The van der Waals surface area contributed by atoms with Gasteiger partial charge in [-0.3, -0.25) is 4.90 Å². The standard InChI is InChI=1S/C28H41N6O4P/c1-19(13-34(18-39)21-14-33(15-21)27(35)38-28(2,3)4)11-20-5-6-24-23(12-20)31-25-22(16-37-24)26(30-17-29-25)32-7-9-36-10-8-32/h5-6,12,17,19,21H,7-11,13-16,18,39H2,1-4H3,(H,29,30,31). The van der Waals surface area contributed by atoms with Gasteiger partial charge in [-0.05, 0) is 50.8 Å². The van der Waals surface area contributed by atoms with E-state index in [-0.39, 0.29) is 6.09 Å². The molecule has 2 aromatic rings. The number of nitrogens with zero attached hydrogens (tertiary/aromatic N) is 5. The summed E-state index contributed by atoms with van der Waals surface area (Å²) in [6, 6.07) is 6.74. The molecule has 5 rings (SSSR count). The number of anilines is 3. The van der Waals surface area contributed by atoms with Gasteiger partial charge in [-0.2, -0.15) is 0 Å². The van der Waals surface area contributed by atoms with Gasteiger partial charge < -0.3 is 29.3 Å². The molecule has 1 amide bonds. The summed E-state index contributed by atoms with van der Waals surface area (Å²) in [5.41, 5.74) is 2.68. The summed E-state index contributed by atoms with van der Waals surface area (Å²) in [6.45, 7) is 13.8. The fraction of sp³-hybridized carbons (Fsp3) is 0.607. The van der Waals surface area contributed by atoms with E-state index in [1.54, 1.807) is 11.2 Å². The van der Waals surface area contributed by atoms with E-state index in [4.69, 9.17) is 14.2 Å². The second-order valence-electron chi connectivity index (χ2n) is 11.7. The van der Waals surface area contributed by atoms with E-state index < -0.39 is 5.60 Å². The maximum Gasteiger partial charge on any atom is 0.410 e. The van der Waals surface area contributed by atoms with Gasteiger partial charge in [0.25, 0.3) is 0 Å². The number of hydrogen-bond donors (Lipinski definition) is 1. The number of nitrogens with one attached hydrogen (secondary N) is 1. The molecule has 0 bridgehead atoms. The van der Waals surface area contributed by atoms with Crippen molar-refractivity contribution < 1.29 is 19.0 Å². The van der Waals surface area contributed by atoms with Crippen molar-refractivity contribution in [2.45, 2.75) is 52.4 Å². The number of ether oxygens (including phenoxy) is 3. The van der Waals surface area contributed by atoms with Crippen LogP contribution in [0.5, 0.6) is 5.75 Å². The lowest BCUT2D eigenvalue weighted by Gasteiger charge is -2.45. The first-order valence-corrected chi connectivity index (χ1v) is 14.6. The van der Waals surface area contributed by atoms with Crippen LogP contribution in [0.4, 0.5) is 22.1 Å². The molecule has 1 aromatic heterocycles. The van der Waals surface area contributed by atoms with Crippen LogP contribution in [0.25, 0.3) is 0 Å². The van der Waals surface area contributed by atoms with Gasteiger partial charge in [0.05, 0.1) is 24.5 Å². The lowest BCUT2D eigenvalue weighted by molar-refractivity contribution is -0.0137. The molecule has 0 aliphatic carbocycles. The van der Waals surface area contributed by atoms with Gasteiger partial charge in [-0.1, -0.05) is 13.0 Å². The van der Waals surface area contributed by atoms with Gasteiger partial charge in [0, 0.05) is 45.1 Å². The Kier molecular flexibility index (Phi) is 8.45. The quantitative estimate of drug-likeness (QED) is 0.510. The number of aromatic nitrogens is 2. The Balaban J connectivity index is 1.19. The number of likely N-dealkylation sites (tertiary alicyclic amines) is 1. The van der Waals surface area contributed by atoms with Crippen molar-refractivity contribution in [3.8, 4) is 5.75 Å². The number of rotatable bonds is 7. The Morgan fingerprint density at radius 3 is 2.74 bits per heavy atom. The van der Waals surface area contributed by atoms with E-state index >= 15 is 0 Å². The summed E-state index contributed by atoms with van der Waals surface area (Å²) in [5.74, 6) is 2.97. The van der Waals surface area contributed by atoms with Crippen LogP contribution in [0.2, 0.25) is 0 Å². The Morgan fingerprint density at radius 1 is 1.26 bits per heavy atom. The highest BCUT2D eigenvalue weighted by atomic mass is 31.0. The number of hydrogen-bond acceptors (Lipinski definition) is 9. The van der Waals surface area contributed by atoms with Crippen molar-refractivity contribution in [1.29, 1.82) is 0 Å². The second kappa shape index (κ2) is 11.8. The number of carbonyl (C=O) groups is 1. The van der Waals surface area contributed by atoms with Crippen LogP contribution in [-0.2, 0) is 22.5 Å². The highest BCUT2D eigenvalue weighted by Gasteiger charge is 2.37. The largest absolute Gasteiger partial charge is 0.486 e. The van der Waals surface area contributed by atoms with Crippen LogP contribution in [-0.4, -0.2) is 89.7 Å². The maximum atomic E-state index is 12.3. The summed E-state index contributed by atoms with van der Waals surface area (Å²) in [6.07, 6.45) is 3.21. The molecule has 10 nitrogen and oxygen atoms in total. The van der Waals surface area contributed by atoms with Crippen LogP contribution in [0, 0.1) is 5.92 Å². The second-order valence-corrected chi connectivity index (χ2v) is 12.0. The number of morpholine rings is 1. The predicted molar refractivity (Wildman–Crippen MR) is 155 cm³/mol. The molecule has 2 saturated heterocycles. The van der Waals surface area contributed by atoms with Crippen molar-refractivity contribution in [2.75, 3.05) is 62.4 Å². The van der Waals surface area contributed by atoms with E-state index in [1.165, 1.54) is 5.56 Å². The molecule has 0 spiro atoms. The van der Waals surface area contributed by atoms with Crippen molar-refractivity contribution >= 4 is 32.7 Å². The number of benzene rings is 1. The first kappa shape index (κ1) is 27.9. The zero-order valence-electron chi connectivity index (χ0n) is 23.5. The van der Waals surface area contributed by atoms with E-state index in [2.05, 4.69) is 59.4 Å². The first-order chi connectivity index (χ1) is 18.7. The smallest absolute Gasteiger partial charge is 0.410 e. The summed E-state index contributed by atoms with van der Waals surface area (Å²) < 4.78 is 17.2. The van der Waals surface area contributed by atoms with Crippen LogP contribution < -0.4 is 15.0 Å². The first-order valence-electron chi connectivity index (χ1n) is 13.8. The third kappa shape index (κ3) is 6.73. The molecule has 212 valence electrons. The molecule has 3 aliphatic rings. The van der Waals surface area contributed by atoms with E-state index in [9.17, 15) is 4.79 Å². The average Bonchev–Trinajstić information content (AvgIpc) is 3.05. The van der Waals surface area contributed by atoms with Crippen LogP contribution >= 0.6 is 9.24 Å². The minimum Gasteiger partial charge on any atom is -0.486 e. The predicted octanol–water partition coefficient (Wildman–Crippen LogP) is 3.88. The lowest BCUT2D eigenvalue weighted by Crippen LogP contribution is -2.62. The lowest BCUT2D eigenvalue weighted by atomic mass is 9.98.